The number of halogens is 1. The Labute approximate surface area is 126 Å². The van der Waals surface area contributed by atoms with E-state index < -0.39 is 20.0 Å². The Bertz CT molecular complexity index is 868. The SMILES string of the molecule is NS(=O)(=O)c1ccc(NS(=O)(=O)c2cccnc2)c(Cl)c1. The normalized spacial score (nSPS) is 12.1. The molecule has 112 valence electrons. The molecule has 0 aliphatic heterocycles. The topological polar surface area (TPSA) is 119 Å². The van der Waals surface area contributed by atoms with Gasteiger partial charge in [-0.05, 0) is 30.3 Å². The molecule has 0 radical (unpaired) electrons. The molecule has 21 heavy (non-hydrogen) atoms. The second-order valence-electron chi connectivity index (χ2n) is 3.98. The minimum absolute atomic E-state index is 0.0351. The zero-order valence-corrected chi connectivity index (χ0v) is 12.8. The Morgan fingerprint density at radius 2 is 1.81 bits per heavy atom. The van der Waals surface area contributed by atoms with Crippen LogP contribution in [0.25, 0.3) is 0 Å². The van der Waals surface area contributed by atoms with Gasteiger partial charge in [0.15, 0.2) is 0 Å². The van der Waals surface area contributed by atoms with Crippen molar-refractivity contribution in [1.29, 1.82) is 0 Å². The Hall–Kier alpha value is -1.68. The number of sulfonamides is 2. The van der Waals surface area contributed by atoms with Gasteiger partial charge in [0, 0.05) is 12.4 Å². The lowest BCUT2D eigenvalue weighted by molar-refractivity contribution is 0.597. The van der Waals surface area contributed by atoms with Gasteiger partial charge in [-0.3, -0.25) is 9.71 Å². The van der Waals surface area contributed by atoms with Crippen molar-refractivity contribution in [2.24, 2.45) is 5.14 Å². The molecule has 0 amide bonds. The van der Waals surface area contributed by atoms with Gasteiger partial charge in [-0.1, -0.05) is 11.6 Å². The first-order valence-electron chi connectivity index (χ1n) is 5.45. The standard InChI is InChI=1S/C11H10ClN3O4S2/c12-10-6-8(20(13,16)17)3-4-11(10)15-21(18,19)9-2-1-5-14-7-9/h1-7,15H,(H2,13,16,17). The van der Waals surface area contributed by atoms with E-state index in [1.165, 1.54) is 30.6 Å². The van der Waals surface area contributed by atoms with Crippen molar-refractivity contribution in [1.82, 2.24) is 4.98 Å². The fourth-order valence-electron chi connectivity index (χ4n) is 1.47. The molecule has 7 nitrogen and oxygen atoms in total. The number of rotatable bonds is 4. The van der Waals surface area contributed by atoms with Crippen molar-refractivity contribution in [2.45, 2.75) is 9.79 Å². The van der Waals surface area contributed by atoms with Crippen LogP contribution in [0.1, 0.15) is 0 Å². The van der Waals surface area contributed by atoms with Crippen molar-refractivity contribution in [3.8, 4) is 0 Å². The number of nitrogens with one attached hydrogen (secondary N) is 1. The van der Waals surface area contributed by atoms with Crippen molar-refractivity contribution < 1.29 is 16.8 Å². The summed E-state index contributed by atoms with van der Waals surface area (Å²) in [5.74, 6) is 0. The molecule has 0 unspecified atom stereocenters. The van der Waals surface area contributed by atoms with Crippen LogP contribution in [0.4, 0.5) is 5.69 Å². The minimum atomic E-state index is -3.91. The molecule has 0 aliphatic rings. The summed E-state index contributed by atoms with van der Waals surface area (Å²) in [5, 5.41) is 4.87. The van der Waals surface area contributed by atoms with E-state index in [-0.39, 0.29) is 20.5 Å². The van der Waals surface area contributed by atoms with Gasteiger partial charge in [-0.15, -0.1) is 0 Å². The summed E-state index contributed by atoms with van der Waals surface area (Å²) >= 11 is 5.87. The Morgan fingerprint density at radius 3 is 2.33 bits per heavy atom. The Balaban J connectivity index is 2.37. The smallest absolute Gasteiger partial charge is 0.263 e. The van der Waals surface area contributed by atoms with Crippen molar-refractivity contribution in [2.75, 3.05) is 4.72 Å². The van der Waals surface area contributed by atoms with Gasteiger partial charge < -0.3 is 0 Å². The highest BCUT2D eigenvalue weighted by Crippen LogP contribution is 2.26. The van der Waals surface area contributed by atoms with E-state index in [1.807, 2.05) is 0 Å². The number of primary sulfonamides is 1. The van der Waals surface area contributed by atoms with Gasteiger partial charge in [0.25, 0.3) is 10.0 Å². The predicted molar refractivity (Wildman–Crippen MR) is 77.9 cm³/mol. The highest BCUT2D eigenvalue weighted by molar-refractivity contribution is 7.92. The number of aromatic nitrogens is 1. The van der Waals surface area contributed by atoms with Gasteiger partial charge in [0.05, 0.1) is 15.6 Å². The van der Waals surface area contributed by atoms with Crippen LogP contribution in [-0.2, 0) is 20.0 Å². The maximum Gasteiger partial charge on any atom is 0.263 e. The third-order valence-corrected chi connectivity index (χ3v) is 5.03. The number of anilines is 1. The van der Waals surface area contributed by atoms with Gasteiger partial charge in [-0.25, -0.2) is 22.0 Å². The largest absolute Gasteiger partial charge is 0.278 e. The van der Waals surface area contributed by atoms with E-state index in [9.17, 15) is 16.8 Å². The first kappa shape index (κ1) is 15.7. The summed E-state index contributed by atoms with van der Waals surface area (Å²) < 4.78 is 48.8. The molecule has 1 aromatic carbocycles. The lowest BCUT2D eigenvalue weighted by Gasteiger charge is -2.10. The first-order chi connectivity index (χ1) is 9.70. The van der Waals surface area contributed by atoms with Gasteiger partial charge >= 0.3 is 0 Å². The lowest BCUT2D eigenvalue weighted by atomic mass is 10.3. The molecular weight excluding hydrogens is 338 g/mol. The highest BCUT2D eigenvalue weighted by Gasteiger charge is 2.17. The summed E-state index contributed by atoms with van der Waals surface area (Å²) in [5.41, 5.74) is 0.0351. The van der Waals surface area contributed by atoms with Crippen LogP contribution in [0, 0.1) is 0 Å². The zero-order chi connectivity index (χ0) is 15.7. The van der Waals surface area contributed by atoms with Crippen molar-refractivity contribution >= 4 is 37.3 Å². The van der Waals surface area contributed by atoms with Gasteiger partial charge in [-0.2, -0.15) is 0 Å². The summed E-state index contributed by atoms with van der Waals surface area (Å²) in [4.78, 5) is 3.46. The second-order valence-corrected chi connectivity index (χ2v) is 7.63. The molecule has 0 aliphatic carbocycles. The fourth-order valence-corrected chi connectivity index (χ4v) is 3.40. The van der Waals surface area contributed by atoms with E-state index in [1.54, 1.807) is 0 Å². The van der Waals surface area contributed by atoms with Crippen molar-refractivity contribution in [3.63, 3.8) is 0 Å². The molecule has 0 atom stereocenters. The molecule has 2 rings (SSSR count). The molecule has 0 bridgehead atoms. The lowest BCUT2D eigenvalue weighted by Crippen LogP contribution is -2.15. The summed E-state index contributed by atoms with van der Waals surface area (Å²) in [6.45, 7) is 0. The monoisotopic (exact) mass is 347 g/mol. The van der Waals surface area contributed by atoms with E-state index in [4.69, 9.17) is 16.7 Å². The maximum absolute atomic E-state index is 12.1. The number of hydrogen-bond acceptors (Lipinski definition) is 5. The number of nitrogens with zero attached hydrogens (tertiary/aromatic N) is 1. The molecule has 2 aromatic rings. The number of nitrogens with two attached hydrogens (primary N) is 1. The molecular formula is C11H10ClN3O4S2. The van der Waals surface area contributed by atoms with Gasteiger partial charge in [0.2, 0.25) is 10.0 Å². The van der Waals surface area contributed by atoms with Crippen LogP contribution in [0.2, 0.25) is 5.02 Å². The molecule has 0 saturated carbocycles. The van der Waals surface area contributed by atoms with Crippen LogP contribution in [0.3, 0.4) is 0 Å². The van der Waals surface area contributed by atoms with Crippen LogP contribution in [0.5, 0.6) is 0 Å². The number of hydrogen-bond donors (Lipinski definition) is 2. The third kappa shape index (κ3) is 3.70. The Kier molecular flexibility index (Phi) is 4.19. The molecule has 3 N–H and O–H groups in total. The molecule has 0 saturated heterocycles. The molecule has 0 spiro atoms. The molecule has 1 heterocycles. The fraction of sp³-hybridized carbons (Fsp3) is 0. The third-order valence-electron chi connectivity index (χ3n) is 2.46. The zero-order valence-electron chi connectivity index (χ0n) is 10.4. The molecule has 1 aromatic heterocycles. The van der Waals surface area contributed by atoms with E-state index in [0.29, 0.717) is 0 Å². The quantitative estimate of drug-likeness (QED) is 0.860. The average Bonchev–Trinajstić information content (AvgIpc) is 2.41. The molecule has 0 fully saturated rings. The summed E-state index contributed by atoms with van der Waals surface area (Å²) in [7, 11) is -7.77. The summed E-state index contributed by atoms with van der Waals surface area (Å²) in [6.07, 6.45) is 2.61. The van der Waals surface area contributed by atoms with E-state index in [2.05, 4.69) is 9.71 Å². The summed E-state index contributed by atoms with van der Waals surface area (Å²) in [6, 6.07) is 6.28. The second kappa shape index (κ2) is 5.60. The maximum atomic E-state index is 12.1. The predicted octanol–water partition coefficient (Wildman–Crippen LogP) is 1.18. The van der Waals surface area contributed by atoms with Crippen LogP contribution < -0.4 is 9.86 Å². The van der Waals surface area contributed by atoms with Crippen LogP contribution in [0.15, 0.2) is 52.5 Å². The Morgan fingerprint density at radius 1 is 1.10 bits per heavy atom. The average molecular weight is 348 g/mol. The highest BCUT2D eigenvalue weighted by atomic mass is 35.5. The van der Waals surface area contributed by atoms with Crippen molar-refractivity contribution in [3.05, 3.63) is 47.7 Å². The number of benzene rings is 1. The first-order valence-corrected chi connectivity index (χ1v) is 8.86. The van der Waals surface area contributed by atoms with E-state index >= 15 is 0 Å². The van der Waals surface area contributed by atoms with E-state index in [0.717, 1.165) is 12.1 Å². The molecule has 10 heteroatoms. The van der Waals surface area contributed by atoms with Crippen LogP contribution >= 0.6 is 11.6 Å². The minimum Gasteiger partial charge on any atom is -0.278 e. The number of pyridine rings is 1. The van der Waals surface area contributed by atoms with Gasteiger partial charge in [0.1, 0.15) is 4.90 Å². The van der Waals surface area contributed by atoms with Crippen LogP contribution in [-0.4, -0.2) is 21.8 Å².